The molecular weight excluding hydrogens is 408 g/mol. The van der Waals surface area contributed by atoms with Crippen molar-refractivity contribution in [3.63, 3.8) is 0 Å². The van der Waals surface area contributed by atoms with Crippen molar-refractivity contribution in [2.45, 2.75) is 148 Å². The number of aliphatic hydroxyl groups excluding tert-OH is 1. The average Bonchev–Trinajstić information content (AvgIpc) is 2.80. The number of carbonyl (C=O) groups is 1. The fraction of sp³-hybridized carbons (Fsp3) is 0.966. The number of nitrogens with one attached hydrogen (secondary N) is 1. The van der Waals surface area contributed by atoms with Gasteiger partial charge in [-0.2, -0.15) is 0 Å². The van der Waals surface area contributed by atoms with Gasteiger partial charge in [0.15, 0.2) is 0 Å². The molecule has 0 aromatic carbocycles. The molecule has 0 aromatic heterocycles. The standard InChI is InChI=1S/C29H60N2O2/c1-31(2)27-24-26-30-29(33)25-22-20-18-16-14-12-10-8-6-4-3-5-7-9-11-13-15-17-19-21-23-28-32/h32H,3-28H2,1-2H3,(H,30,33). The quantitative estimate of drug-likeness (QED) is 0.122. The normalized spacial score (nSPS) is 11.4. The molecule has 0 saturated heterocycles. The summed E-state index contributed by atoms with van der Waals surface area (Å²) >= 11 is 0. The minimum absolute atomic E-state index is 0.231. The average molecular weight is 469 g/mol. The molecule has 1 amide bonds. The number of carbonyl (C=O) groups excluding carboxylic acids is 1. The first-order chi connectivity index (χ1) is 16.2. The van der Waals surface area contributed by atoms with E-state index < -0.39 is 0 Å². The molecule has 0 fully saturated rings. The third kappa shape index (κ3) is 29.4. The molecule has 0 heterocycles. The summed E-state index contributed by atoms with van der Waals surface area (Å²) in [5.74, 6) is 0.231. The second-order valence-corrected chi connectivity index (χ2v) is 10.4. The van der Waals surface area contributed by atoms with Crippen LogP contribution < -0.4 is 5.32 Å². The second-order valence-electron chi connectivity index (χ2n) is 10.4. The van der Waals surface area contributed by atoms with Crippen LogP contribution in [0.2, 0.25) is 0 Å². The lowest BCUT2D eigenvalue weighted by atomic mass is 10.0. The van der Waals surface area contributed by atoms with Crippen LogP contribution in [0.4, 0.5) is 0 Å². The van der Waals surface area contributed by atoms with Gasteiger partial charge in [0.1, 0.15) is 0 Å². The Labute approximate surface area is 207 Å². The minimum atomic E-state index is 0.231. The number of unbranched alkanes of at least 4 members (excludes halogenated alkanes) is 20. The van der Waals surface area contributed by atoms with Crippen LogP contribution >= 0.6 is 0 Å². The van der Waals surface area contributed by atoms with Gasteiger partial charge in [0, 0.05) is 19.6 Å². The van der Waals surface area contributed by atoms with Crippen LogP contribution in [0.15, 0.2) is 0 Å². The van der Waals surface area contributed by atoms with Gasteiger partial charge in [0.05, 0.1) is 0 Å². The van der Waals surface area contributed by atoms with Crippen molar-refractivity contribution in [1.29, 1.82) is 0 Å². The van der Waals surface area contributed by atoms with Gasteiger partial charge in [-0.3, -0.25) is 4.79 Å². The van der Waals surface area contributed by atoms with E-state index in [0.717, 1.165) is 32.4 Å². The van der Waals surface area contributed by atoms with E-state index in [4.69, 9.17) is 5.11 Å². The molecule has 0 rings (SSSR count). The zero-order valence-electron chi connectivity index (χ0n) is 22.7. The molecule has 4 nitrogen and oxygen atoms in total. The number of rotatable bonds is 27. The Kier molecular flexibility index (Phi) is 27.1. The molecule has 0 aliphatic heterocycles. The van der Waals surface area contributed by atoms with Crippen molar-refractivity contribution in [2.24, 2.45) is 0 Å². The second kappa shape index (κ2) is 27.6. The van der Waals surface area contributed by atoms with Crippen molar-refractivity contribution < 1.29 is 9.90 Å². The Balaban J connectivity index is 3.09. The Morgan fingerprint density at radius 1 is 0.545 bits per heavy atom. The highest BCUT2D eigenvalue weighted by atomic mass is 16.2. The van der Waals surface area contributed by atoms with Gasteiger partial charge >= 0.3 is 0 Å². The first-order valence-corrected chi connectivity index (χ1v) is 14.7. The molecule has 0 atom stereocenters. The van der Waals surface area contributed by atoms with Crippen LogP contribution in [0.1, 0.15) is 148 Å². The maximum Gasteiger partial charge on any atom is 0.219 e. The monoisotopic (exact) mass is 468 g/mol. The van der Waals surface area contributed by atoms with Gasteiger partial charge < -0.3 is 15.3 Å². The smallest absolute Gasteiger partial charge is 0.219 e. The molecule has 0 radical (unpaired) electrons. The fourth-order valence-electron chi connectivity index (χ4n) is 4.47. The Bertz CT molecular complexity index is 388. The van der Waals surface area contributed by atoms with Gasteiger partial charge in [0.25, 0.3) is 0 Å². The van der Waals surface area contributed by atoms with E-state index in [1.54, 1.807) is 0 Å². The lowest BCUT2D eigenvalue weighted by Crippen LogP contribution is -2.26. The fourth-order valence-corrected chi connectivity index (χ4v) is 4.47. The molecule has 33 heavy (non-hydrogen) atoms. The summed E-state index contributed by atoms with van der Waals surface area (Å²) in [7, 11) is 4.14. The molecule has 0 aliphatic rings. The number of aliphatic hydroxyl groups is 1. The number of amides is 1. The van der Waals surface area contributed by atoms with Gasteiger partial charge in [-0.05, 0) is 39.9 Å². The summed E-state index contributed by atoms with van der Waals surface area (Å²) in [6.45, 7) is 2.21. The minimum Gasteiger partial charge on any atom is -0.396 e. The van der Waals surface area contributed by atoms with E-state index in [0.29, 0.717) is 13.0 Å². The van der Waals surface area contributed by atoms with Crippen molar-refractivity contribution in [2.75, 3.05) is 33.8 Å². The summed E-state index contributed by atoms with van der Waals surface area (Å²) in [6.07, 6.45) is 29.9. The molecule has 0 spiro atoms. The number of nitrogens with zero attached hydrogens (tertiary/aromatic N) is 1. The van der Waals surface area contributed by atoms with Gasteiger partial charge in [0.2, 0.25) is 5.91 Å². The van der Waals surface area contributed by atoms with Crippen molar-refractivity contribution in [3.05, 3.63) is 0 Å². The molecular formula is C29H60N2O2. The summed E-state index contributed by atoms with van der Waals surface area (Å²) in [5, 5.41) is 11.8. The first-order valence-electron chi connectivity index (χ1n) is 14.7. The number of hydrogen-bond acceptors (Lipinski definition) is 3. The zero-order valence-corrected chi connectivity index (χ0v) is 22.7. The highest BCUT2D eigenvalue weighted by molar-refractivity contribution is 5.75. The van der Waals surface area contributed by atoms with Gasteiger partial charge in [-0.1, -0.05) is 122 Å². The Morgan fingerprint density at radius 2 is 0.879 bits per heavy atom. The summed E-state index contributed by atoms with van der Waals surface area (Å²) in [6, 6.07) is 0. The third-order valence-corrected chi connectivity index (χ3v) is 6.67. The maximum absolute atomic E-state index is 11.8. The van der Waals surface area contributed by atoms with E-state index in [9.17, 15) is 4.79 Å². The summed E-state index contributed by atoms with van der Waals surface area (Å²) < 4.78 is 0. The molecule has 2 N–H and O–H groups in total. The lowest BCUT2D eigenvalue weighted by molar-refractivity contribution is -0.121. The lowest BCUT2D eigenvalue weighted by Gasteiger charge is -2.09. The van der Waals surface area contributed by atoms with E-state index in [-0.39, 0.29) is 5.91 Å². The predicted molar refractivity (Wildman–Crippen MR) is 145 cm³/mol. The molecule has 0 unspecified atom stereocenters. The van der Waals surface area contributed by atoms with E-state index in [1.807, 2.05) is 0 Å². The van der Waals surface area contributed by atoms with Crippen molar-refractivity contribution >= 4 is 5.91 Å². The van der Waals surface area contributed by atoms with Gasteiger partial charge in [-0.25, -0.2) is 0 Å². The van der Waals surface area contributed by atoms with Crippen molar-refractivity contribution in [3.8, 4) is 0 Å². The van der Waals surface area contributed by atoms with Gasteiger partial charge in [-0.15, -0.1) is 0 Å². The Hall–Kier alpha value is -0.610. The van der Waals surface area contributed by atoms with Crippen LogP contribution in [0.25, 0.3) is 0 Å². The molecule has 0 bridgehead atoms. The molecule has 0 saturated carbocycles. The molecule has 4 heteroatoms. The van der Waals surface area contributed by atoms with Crippen molar-refractivity contribution in [1.82, 2.24) is 10.2 Å². The summed E-state index contributed by atoms with van der Waals surface area (Å²) in [4.78, 5) is 13.9. The highest BCUT2D eigenvalue weighted by Crippen LogP contribution is 2.15. The van der Waals surface area contributed by atoms with E-state index in [1.165, 1.54) is 122 Å². The topological polar surface area (TPSA) is 52.6 Å². The van der Waals surface area contributed by atoms with E-state index in [2.05, 4.69) is 24.3 Å². The zero-order chi connectivity index (χ0) is 24.2. The number of hydrogen-bond donors (Lipinski definition) is 2. The van der Waals surface area contributed by atoms with Crippen LogP contribution in [0.3, 0.4) is 0 Å². The maximum atomic E-state index is 11.8. The third-order valence-electron chi connectivity index (χ3n) is 6.67. The molecule has 0 aromatic rings. The summed E-state index contributed by atoms with van der Waals surface area (Å²) in [5.41, 5.74) is 0. The van der Waals surface area contributed by atoms with Crippen LogP contribution in [0.5, 0.6) is 0 Å². The Morgan fingerprint density at radius 3 is 1.21 bits per heavy atom. The van der Waals surface area contributed by atoms with E-state index >= 15 is 0 Å². The SMILES string of the molecule is CN(C)CCCNC(=O)CCCCCCCCCCCCCCCCCCCCCCCO. The van der Waals surface area contributed by atoms with Crippen LogP contribution in [0, 0.1) is 0 Å². The first kappa shape index (κ1) is 32.4. The largest absolute Gasteiger partial charge is 0.396 e. The molecule has 0 aliphatic carbocycles. The van der Waals surface area contributed by atoms with Crippen LogP contribution in [-0.4, -0.2) is 49.7 Å². The predicted octanol–water partition coefficient (Wildman–Crippen LogP) is 7.63. The molecule has 198 valence electrons. The van der Waals surface area contributed by atoms with Crippen LogP contribution in [-0.2, 0) is 4.79 Å². The highest BCUT2D eigenvalue weighted by Gasteiger charge is 2.01.